The minimum Gasteiger partial charge on any atom is -0.497 e. The fourth-order valence-electron chi connectivity index (χ4n) is 3.27. The molecule has 0 saturated heterocycles. The van der Waals surface area contributed by atoms with Crippen LogP contribution in [0.5, 0.6) is 5.75 Å². The maximum Gasteiger partial charge on any atom is 0.191 e. The molecule has 28 heavy (non-hydrogen) atoms. The van der Waals surface area contributed by atoms with Crippen molar-refractivity contribution in [1.82, 2.24) is 25.4 Å². The van der Waals surface area contributed by atoms with Gasteiger partial charge in [0.1, 0.15) is 18.1 Å². The summed E-state index contributed by atoms with van der Waals surface area (Å²) in [7, 11) is 3.66. The minimum absolute atomic E-state index is 0. The number of halogens is 1. The van der Waals surface area contributed by atoms with Crippen LogP contribution < -0.4 is 15.4 Å². The molecule has 0 aliphatic heterocycles. The van der Waals surface area contributed by atoms with Crippen LogP contribution in [0.1, 0.15) is 42.9 Å². The maximum absolute atomic E-state index is 5.21. The molecular formula is C20H31IN6O. The number of aryl methyl sites for hydroxylation is 1. The smallest absolute Gasteiger partial charge is 0.191 e. The topological polar surface area (TPSA) is 76.4 Å². The Morgan fingerprint density at radius 3 is 2.54 bits per heavy atom. The highest BCUT2D eigenvalue weighted by Crippen LogP contribution is 2.17. The van der Waals surface area contributed by atoms with Gasteiger partial charge in [0.05, 0.1) is 7.11 Å². The molecule has 1 fully saturated rings. The largest absolute Gasteiger partial charge is 0.497 e. The molecule has 1 aliphatic rings. The van der Waals surface area contributed by atoms with Gasteiger partial charge in [0.25, 0.3) is 0 Å². The van der Waals surface area contributed by atoms with Crippen LogP contribution in [0.25, 0.3) is 0 Å². The van der Waals surface area contributed by atoms with Crippen molar-refractivity contribution < 1.29 is 4.74 Å². The quantitative estimate of drug-likeness (QED) is 0.349. The lowest BCUT2D eigenvalue weighted by Gasteiger charge is -2.17. The predicted molar refractivity (Wildman–Crippen MR) is 122 cm³/mol. The molecule has 8 heteroatoms. The van der Waals surface area contributed by atoms with E-state index in [0.29, 0.717) is 12.6 Å². The van der Waals surface area contributed by atoms with Crippen molar-refractivity contribution in [3.05, 3.63) is 41.5 Å². The van der Waals surface area contributed by atoms with Crippen LogP contribution in [0.2, 0.25) is 0 Å². The van der Waals surface area contributed by atoms with E-state index in [1.54, 1.807) is 7.11 Å². The summed E-state index contributed by atoms with van der Waals surface area (Å²) >= 11 is 0. The van der Waals surface area contributed by atoms with Gasteiger partial charge in [-0.2, -0.15) is 0 Å². The summed E-state index contributed by atoms with van der Waals surface area (Å²) in [4.78, 5) is 4.74. The zero-order valence-corrected chi connectivity index (χ0v) is 19.3. The Kier molecular flexibility index (Phi) is 9.01. The third-order valence-electron chi connectivity index (χ3n) is 5.12. The van der Waals surface area contributed by atoms with Gasteiger partial charge in [-0.15, -0.1) is 34.2 Å². The minimum atomic E-state index is 0. The highest BCUT2D eigenvalue weighted by atomic mass is 127. The van der Waals surface area contributed by atoms with Gasteiger partial charge in [0, 0.05) is 19.6 Å². The van der Waals surface area contributed by atoms with Gasteiger partial charge >= 0.3 is 0 Å². The molecule has 1 heterocycles. The third kappa shape index (κ3) is 6.35. The van der Waals surface area contributed by atoms with E-state index in [4.69, 9.17) is 9.73 Å². The number of aliphatic imine (C=N–C) groups is 1. The first kappa shape index (κ1) is 22.4. The Hall–Kier alpha value is -1.84. The molecule has 154 valence electrons. The normalized spacial score (nSPS) is 14.6. The second-order valence-corrected chi connectivity index (χ2v) is 7.04. The molecule has 0 bridgehead atoms. The highest BCUT2D eigenvalue weighted by molar-refractivity contribution is 14.0. The summed E-state index contributed by atoms with van der Waals surface area (Å²) in [5.41, 5.74) is 1.27. The maximum atomic E-state index is 5.21. The Bertz CT molecular complexity index is 753. The average Bonchev–Trinajstić information content (AvgIpc) is 3.31. The van der Waals surface area contributed by atoms with E-state index in [2.05, 4.69) is 33.0 Å². The lowest BCUT2D eigenvalue weighted by atomic mass is 10.1. The van der Waals surface area contributed by atoms with Gasteiger partial charge in [-0.3, -0.25) is 0 Å². The number of hydrogen-bond acceptors (Lipinski definition) is 4. The summed E-state index contributed by atoms with van der Waals surface area (Å²) in [6.07, 6.45) is 5.93. The van der Waals surface area contributed by atoms with Gasteiger partial charge < -0.3 is 19.9 Å². The van der Waals surface area contributed by atoms with Crippen LogP contribution in [0.15, 0.2) is 29.3 Å². The zero-order valence-electron chi connectivity index (χ0n) is 16.9. The Morgan fingerprint density at radius 2 is 1.93 bits per heavy atom. The number of guanidine groups is 1. The molecule has 1 saturated carbocycles. The fourth-order valence-corrected chi connectivity index (χ4v) is 3.27. The molecule has 0 amide bonds. The zero-order chi connectivity index (χ0) is 19.1. The molecule has 0 spiro atoms. The third-order valence-corrected chi connectivity index (χ3v) is 5.12. The molecule has 0 atom stereocenters. The lowest BCUT2D eigenvalue weighted by molar-refractivity contribution is 0.414. The average molecular weight is 498 g/mol. The molecule has 3 rings (SSSR count). The van der Waals surface area contributed by atoms with Crippen LogP contribution in [-0.2, 0) is 20.0 Å². The molecule has 2 N–H and O–H groups in total. The SMILES string of the molecule is COc1ccc(CCNC(=NCc2nnc(C)n2C)NC2CCCC2)cc1.I. The molecule has 0 unspecified atom stereocenters. The molecule has 0 radical (unpaired) electrons. The first-order chi connectivity index (χ1) is 13.2. The van der Waals surface area contributed by atoms with Crippen LogP contribution >= 0.6 is 24.0 Å². The van der Waals surface area contributed by atoms with Crippen molar-refractivity contribution in [1.29, 1.82) is 0 Å². The fraction of sp³-hybridized carbons (Fsp3) is 0.550. The Labute approximate surface area is 184 Å². The van der Waals surface area contributed by atoms with Crippen LogP contribution in [0, 0.1) is 6.92 Å². The van der Waals surface area contributed by atoms with Crippen molar-refractivity contribution in [2.24, 2.45) is 12.0 Å². The number of hydrogen-bond donors (Lipinski definition) is 2. The Morgan fingerprint density at radius 1 is 1.21 bits per heavy atom. The van der Waals surface area contributed by atoms with Crippen LogP contribution in [0.3, 0.4) is 0 Å². The van der Waals surface area contributed by atoms with E-state index in [1.165, 1.54) is 31.2 Å². The van der Waals surface area contributed by atoms with Crippen molar-refractivity contribution in [2.75, 3.05) is 13.7 Å². The number of ether oxygens (including phenoxy) is 1. The van der Waals surface area contributed by atoms with E-state index in [-0.39, 0.29) is 24.0 Å². The molecule has 7 nitrogen and oxygen atoms in total. The van der Waals surface area contributed by atoms with Gasteiger partial charge in [-0.25, -0.2) is 4.99 Å². The second kappa shape index (κ2) is 11.2. The molecule has 2 aromatic rings. The van der Waals surface area contributed by atoms with Crippen molar-refractivity contribution in [3.63, 3.8) is 0 Å². The molecule has 1 aromatic heterocycles. The molecular weight excluding hydrogens is 467 g/mol. The number of aromatic nitrogens is 3. The predicted octanol–water partition coefficient (Wildman–Crippen LogP) is 2.97. The molecule has 1 aromatic carbocycles. The number of benzene rings is 1. The first-order valence-corrected chi connectivity index (χ1v) is 9.68. The molecule has 1 aliphatic carbocycles. The van der Waals surface area contributed by atoms with Crippen LogP contribution in [0.4, 0.5) is 0 Å². The monoisotopic (exact) mass is 498 g/mol. The number of rotatable bonds is 7. The number of nitrogens with zero attached hydrogens (tertiary/aromatic N) is 4. The van der Waals surface area contributed by atoms with Crippen molar-refractivity contribution in [2.45, 2.75) is 51.6 Å². The summed E-state index contributed by atoms with van der Waals surface area (Å²) in [5, 5.41) is 15.4. The van der Waals surface area contributed by atoms with E-state index in [0.717, 1.165) is 36.3 Å². The van der Waals surface area contributed by atoms with E-state index < -0.39 is 0 Å². The number of methoxy groups -OCH3 is 1. The summed E-state index contributed by atoms with van der Waals surface area (Å²) in [5.74, 6) is 3.51. The van der Waals surface area contributed by atoms with E-state index in [1.807, 2.05) is 30.7 Å². The highest BCUT2D eigenvalue weighted by Gasteiger charge is 2.16. The van der Waals surface area contributed by atoms with Gasteiger partial charge in [0.2, 0.25) is 0 Å². The van der Waals surface area contributed by atoms with Gasteiger partial charge in [0.15, 0.2) is 11.8 Å². The summed E-state index contributed by atoms with van der Waals surface area (Å²) in [6, 6.07) is 8.71. The van der Waals surface area contributed by atoms with Gasteiger partial charge in [-0.1, -0.05) is 25.0 Å². The summed E-state index contributed by atoms with van der Waals surface area (Å²) in [6.45, 7) is 3.29. The lowest BCUT2D eigenvalue weighted by Crippen LogP contribution is -2.43. The van der Waals surface area contributed by atoms with Crippen LogP contribution in [-0.4, -0.2) is 40.4 Å². The Balaban J connectivity index is 0.00000280. The van der Waals surface area contributed by atoms with E-state index >= 15 is 0 Å². The van der Waals surface area contributed by atoms with Gasteiger partial charge in [-0.05, 0) is 43.9 Å². The van der Waals surface area contributed by atoms with E-state index in [9.17, 15) is 0 Å². The van der Waals surface area contributed by atoms with Crippen molar-refractivity contribution in [3.8, 4) is 5.75 Å². The standard InChI is InChI=1S/C20H30N6O.HI/c1-15-24-25-19(26(15)2)14-22-20(23-17-6-4-5-7-17)21-13-12-16-8-10-18(27-3)11-9-16;/h8-11,17H,4-7,12-14H2,1-3H3,(H2,21,22,23);1H. The second-order valence-electron chi connectivity index (χ2n) is 7.04. The number of nitrogens with one attached hydrogen (secondary N) is 2. The van der Waals surface area contributed by atoms with Crippen molar-refractivity contribution >= 4 is 29.9 Å². The first-order valence-electron chi connectivity index (χ1n) is 9.68. The summed E-state index contributed by atoms with van der Waals surface area (Å²) < 4.78 is 7.19.